The molecule has 0 fully saturated rings. The van der Waals surface area contributed by atoms with E-state index >= 15 is 0 Å². The van der Waals surface area contributed by atoms with E-state index in [1.165, 1.54) is 11.1 Å². The lowest BCUT2D eigenvalue weighted by Gasteiger charge is -2.36. The van der Waals surface area contributed by atoms with Crippen molar-refractivity contribution in [1.82, 2.24) is 4.90 Å². The second-order valence-electron chi connectivity index (χ2n) is 7.03. The highest BCUT2D eigenvalue weighted by Gasteiger charge is 2.53. The molecule has 25 heavy (non-hydrogen) atoms. The maximum Gasteiger partial charge on any atom is 0.166 e. The normalized spacial score (nSPS) is 30.2. The van der Waals surface area contributed by atoms with Gasteiger partial charge in [0.25, 0.3) is 0 Å². The minimum atomic E-state index is -0.452. The van der Waals surface area contributed by atoms with E-state index in [-0.39, 0.29) is 11.5 Å². The van der Waals surface area contributed by atoms with Crippen LogP contribution in [0.25, 0.3) is 0 Å². The second-order valence-corrected chi connectivity index (χ2v) is 7.88. The lowest BCUT2D eigenvalue weighted by atomic mass is 9.69. The number of methoxy groups -OCH3 is 1. The van der Waals surface area contributed by atoms with E-state index < -0.39 is 6.10 Å². The van der Waals surface area contributed by atoms with Gasteiger partial charge in [0.05, 0.1) is 25.2 Å². The highest BCUT2D eigenvalue weighted by Crippen LogP contribution is 2.57. The zero-order valence-corrected chi connectivity index (χ0v) is 16.0. The number of aliphatic imine (C=N–C) groups is 1. The Kier molecular flexibility index (Phi) is 4.38. The second kappa shape index (κ2) is 6.41. The van der Waals surface area contributed by atoms with Gasteiger partial charge in [0.15, 0.2) is 11.5 Å². The molecule has 6 heteroatoms. The predicted molar refractivity (Wildman–Crippen MR) is 101 cm³/mol. The van der Waals surface area contributed by atoms with Gasteiger partial charge in [0.1, 0.15) is 6.10 Å². The van der Waals surface area contributed by atoms with Crippen LogP contribution in [0.1, 0.15) is 24.0 Å². The van der Waals surface area contributed by atoms with Crippen molar-refractivity contribution in [2.75, 3.05) is 26.7 Å². The molecule has 2 aliphatic heterocycles. The lowest BCUT2D eigenvalue weighted by Crippen LogP contribution is -2.43. The fraction of sp³-hybridized carbons (Fsp3) is 0.526. The molecule has 3 aliphatic rings. The van der Waals surface area contributed by atoms with Crippen LogP contribution in [-0.2, 0) is 12.0 Å². The van der Waals surface area contributed by atoms with Crippen molar-refractivity contribution in [2.45, 2.75) is 37.0 Å². The van der Waals surface area contributed by atoms with E-state index in [4.69, 9.17) is 9.47 Å². The summed E-state index contributed by atoms with van der Waals surface area (Å²) in [6.07, 6.45) is 5.15. The maximum absolute atomic E-state index is 10.1. The molecular formula is C19H23BrN2O3. The zero-order valence-electron chi connectivity index (χ0n) is 14.4. The molecule has 4 rings (SSSR count). The molecule has 2 heterocycles. The third-order valence-corrected chi connectivity index (χ3v) is 6.40. The number of aliphatic hydroxyl groups excluding tert-OH is 1. The van der Waals surface area contributed by atoms with Crippen LogP contribution in [0.4, 0.5) is 0 Å². The summed E-state index contributed by atoms with van der Waals surface area (Å²) < 4.78 is 13.0. The van der Waals surface area contributed by atoms with E-state index in [2.05, 4.69) is 38.6 Å². The first-order valence-electron chi connectivity index (χ1n) is 8.68. The fourth-order valence-electron chi connectivity index (χ4n) is 4.42. The Balaban J connectivity index is 1.87. The largest absolute Gasteiger partial charge is 0.493 e. The lowest BCUT2D eigenvalue weighted by molar-refractivity contribution is 0.0812. The van der Waals surface area contributed by atoms with Crippen molar-refractivity contribution in [2.24, 2.45) is 4.99 Å². The van der Waals surface area contributed by atoms with Crippen LogP contribution in [0.15, 0.2) is 27.7 Å². The topological polar surface area (TPSA) is 54.3 Å². The van der Waals surface area contributed by atoms with E-state index in [1.807, 2.05) is 12.1 Å². The van der Waals surface area contributed by atoms with Crippen LogP contribution in [0.3, 0.4) is 0 Å². The Labute approximate surface area is 156 Å². The van der Waals surface area contributed by atoms with Crippen LogP contribution in [-0.4, -0.2) is 55.7 Å². The fourth-order valence-corrected chi connectivity index (χ4v) is 4.95. The molecule has 1 N–H and O–H groups in total. The molecule has 0 saturated heterocycles. The van der Waals surface area contributed by atoms with Crippen LogP contribution in [0, 0.1) is 0 Å². The van der Waals surface area contributed by atoms with Crippen molar-refractivity contribution in [1.29, 1.82) is 0 Å². The number of hydrogen-bond acceptors (Lipinski definition) is 5. The van der Waals surface area contributed by atoms with E-state index in [0.717, 1.165) is 48.6 Å². The summed E-state index contributed by atoms with van der Waals surface area (Å²) in [6, 6.07) is 1.99. The van der Waals surface area contributed by atoms with Gasteiger partial charge in [-0.1, -0.05) is 28.1 Å². The number of ether oxygens (including phenoxy) is 2. The minimum absolute atomic E-state index is 0.0538. The quantitative estimate of drug-likeness (QED) is 0.616. The van der Waals surface area contributed by atoms with Gasteiger partial charge in [0.2, 0.25) is 0 Å². The first kappa shape index (κ1) is 17.1. The highest BCUT2D eigenvalue weighted by molar-refractivity contribution is 9.10. The minimum Gasteiger partial charge on any atom is -0.493 e. The predicted octanol–water partition coefficient (Wildman–Crippen LogP) is 2.68. The monoisotopic (exact) mass is 406 g/mol. The summed E-state index contributed by atoms with van der Waals surface area (Å²) in [5, 5.41) is 10.1. The molecule has 0 radical (unpaired) electrons. The summed E-state index contributed by atoms with van der Waals surface area (Å²) in [5.74, 6) is 1.59. The van der Waals surface area contributed by atoms with Gasteiger partial charge in [-0.05, 0) is 31.3 Å². The first-order chi connectivity index (χ1) is 12.1. The smallest absolute Gasteiger partial charge is 0.166 e. The van der Waals surface area contributed by atoms with Crippen molar-refractivity contribution in [3.63, 3.8) is 0 Å². The third-order valence-electron chi connectivity index (χ3n) is 5.69. The summed E-state index contributed by atoms with van der Waals surface area (Å²) in [5.41, 5.74) is 2.28. The standard InChI is InChI=1S/C19H23BrN2O3/c1-21-6-8-22-7-5-19-4-3-12(23)9-16(19)25-18-15(24-2)10-14(20)13(11-22)17(18)19/h3-4,10,12,16,23H,1,5-9,11H2,2H3/t12-,16?,19?/m0/s1. The molecule has 1 aliphatic carbocycles. The van der Waals surface area contributed by atoms with E-state index in [1.54, 1.807) is 7.11 Å². The average molecular weight is 407 g/mol. The Morgan fingerprint density at radius 2 is 2.40 bits per heavy atom. The molecule has 134 valence electrons. The first-order valence-corrected chi connectivity index (χ1v) is 9.47. The zero-order chi connectivity index (χ0) is 17.6. The maximum atomic E-state index is 10.1. The molecule has 1 aromatic rings. The third kappa shape index (κ3) is 2.62. The number of benzene rings is 1. The summed E-state index contributed by atoms with van der Waals surface area (Å²) in [6.45, 7) is 7.03. The Bertz CT molecular complexity index is 736. The van der Waals surface area contributed by atoms with Crippen LogP contribution < -0.4 is 9.47 Å². The summed E-state index contributed by atoms with van der Waals surface area (Å²) in [7, 11) is 1.67. The van der Waals surface area contributed by atoms with E-state index in [9.17, 15) is 5.11 Å². The van der Waals surface area contributed by atoms with Gasteiger partial charge in [-0.2, -0.15) is 0 Å². The Hall–Kier alpha value is -1.37. The molecule has 0 amide bonds. The molecule has 0 aromatic heterocycles. The molecule has 2 unspecified atom stereocenters. The molecule has 0 bridgehead atoms. The van der Waals surface area contributed by atoms with Crippen molar-refractivity contribution < 1.29 is 14.6 Å². The summed E-state index contributed by atoms with van der Waals surface area (Å²) in [4.78, 5) is 6.43. The molecular weight excluding hydrogens is 384 g/mol. The van der Waals surface area contributed by atoms with Gasteiger partial charge in [-0.15, -0.1) is 0 Å². The van der Waals surface area contributed by atoms with E-state index in [0.29, 0.717) is 6.42 Å². The number of nitrogens with zero attached hydrogens (tertiary/aromatic N) is 2. The van der Waals surface area contributed by atoms with Crippen molar-refractivity contribution >= 4 is 22.6 Å². The van der Waals surface area contributed by atoms with Gasteiger partial charge in [-0.3, -0.25) is 9.89 Å². The molecule has 0 saturated carbocycles. The Morgan fingerprint density at radius 1 is 1.56 bits per heavy atom. The van der Waals surface area contributed by atoms with Crippen LogP contribution in [0.2, 0.25) is 0 Å². The van der Waals surface area contributed by atoms with Crippen molar-refractivity contribution in [3.05, 3.63) is 33.8 Å². The van der Waals surface area contributed by atoms with Gasteiger partial charge < -0.3 is 14.6 Å². The number of halogens is 1. The molecule has 3 atom stereocenters. The molecule has 1 aromatic carbocycles. The Morgan fingerprint density at radius 3 is 3.16 bits per heavy atom. The highest BCUT2D eigenvalue weighted by atomic mass is 79.9. The van der Waals surface area contributed by atoms with Crippen LogP contribution >= 0.6 is 15.9 Å². The van der Waals surface area contributed by atoms with Crippen molar-refractivity contribution in [3.8, 4) is 11.5 Å². The number of aliphatic hydroxyl groups is 1. The van der Waals surface area contributed by atoms with Crippen LogP contribution in [0.5, 0.6) is 11.5 Å². The molecule has 5 nitrogen and oxygen atoms in total. The molecule has 1 spiro atoms. The summed E-state index contributed by atoms with van der Waals surface area (Å²) >= 11 is 3.75. The van der Waals surface area contributed by atoms with Gasteiger partial charge in [0, 0.05) is 29.5 Å². The number of rotatable bonds is 4. The SMILES string of the molecule is C=NCCN1CCC23C=C[C@H](O)CC2Oc2c(OC)cc(Br)c(c23)C1. The van der Waals surface area contributed by atoms with Gasteiger partial charge >= 0.3 is 0 Å². The number of hydrogen-bond donors (Lipinski definition) is 1. The average Bonchev–Trinajstić information content (AvgIpc) is 2.83. The van der Waals surface area contributed by atoms with Gasteiger partial charge in [-0.25, -0.2) is 0 Å².